The first-order chi connectivity index (χ1) is 6.43. The predicted molar refractivity (Wildman–Crippen MR) is 63.1 cm³/mol. The molecule has 4 nitrogen and oxygen atoms in total. The van der Waals surface area contributed by atoms with E-state index >= 15 is 0 Å². The topological polar surface area (TPSA) is 38.1 Å². The lowest BCUT2D eigenvalue weighted by Crippen LogP contribution is -2.18. The summed E-state index contributed by atoms with van der Waals surface area (Å²) in [7, 11) is 5.38. The largest absolute Gasteiger partial charge is 0.375 e. The Bertz CT molecular complexity index is 381. The minimum atomic E-state index is -0.0764. The molecule has 5 heteroatoms. The van der Waals surface area contributed by atoms with Crippen LogP contribution >= 0.6 is 22.6 Å². The zero-order chi connectivity index (χ0) is 10.9. The monoisotopic (exact) mass is 305 g/mol. The molecule has 0 unspecified atom stereocenters. The normalized spacial score (nSPS) is 10.0. The number of nitrogens with zero attached hydrogens (tertiary/aromatic N) is 3. The van der Waals surface area contributed by atoms with Crippen LogP contribution in [0, 0.1) is 3.70 Å². The first-order valence-corrected chi connectivity index (χ1v) is 5.11. The number of carbonyl (C=O) groups excluding carboxylic acids is 1. The van der Waals surface area contributed by atoms with Crippen molar-refractivity contribution in [2.75, 3.05) is 14.1 Å². The van der Waals surface area contributed by atoms with Crippen LogP contribution in [-0.4, -0.2) is 34.6 Å². The molecular weight excluding hydrogens is 293 g/mol. The molecule has 1 heterocycles. The van der Waals surface area contributed by atoms with Crippen molar-refractivity contribution in [2.24, 2.45) is 7.05 Å². The number of hydrogen-bond acceptors (Lipinski definition) is 3. The quantitative estimate of drug-likeness (QED) is 0.480. The number of ketones is 1. The molecule has 0 aliphatic carbocycles. The number of carbonyl (C=O) groups is 1. The van der Waals surface area contributed by atoms with Gasteiger partial charge in [-0.1, -0.05) is 6.58 Å². The first-order valence-electron chi connectivity index (χ1n) is 4.03. The molecule has 76 valence electrons. The van der Waals surface area contributed by atoms with Gasteiger partial charge in [-0.25, -0.2) is 0 Å². The Balaban J connectivity index is 3.01. The highest BCUT2D eigenvalue weighted by molar-refractivity contribution is 14.1. The van der Waals surface area contributed by atoms with Gasteiger partial charge in [0.1, 0.15) is 3.70 Å². The van der Waals surface area contributed by atoms with Crippen molar-refractivity contribution in [2.45, 2.75) is 0 Å². The second kappa shape index (κ2) is 4.12. The molecule has 0 aromatic carbocycles. The number of likely N-dealkylation sites (N-methyl/N-ethyl adjacent to an activating group) is 1. The van der Waals surface area contributed by atoms with E-state index < -0.39 is 0 Å². The molecule has 0 spiro atoms. The maximum atomic E-state index is 11.8. The number of hydrogen-bond donors (Lipinski definition) is 0. The Kier molecular flexibility index (Phi) is 3.30. The summed E-state index contributed by atoms with van der Waals surface area (Å²) in [5.41, 5.74) is 1.07. The summed E-state index contributed by atoms with van der Waals surface area (Å²) in [6.45, 7) is 3.72. The molecule has 0 atom stereocenters. The molecule has 0 N–H and O–H groups in total. The fourth-order valence-corrected chi connectivity index (χ4v) is 1.70. The molecule has 1 rings (SSSR count). The summed E-state index contributed by atoms with van der Waals surface area (Å²) in [4.78, 5) is 13.5. The summed E-state index contributed by atoms with van der Waals surface area (Å²) < 4.78 is 2.33. The highest BCUT2D eigenvalue weighted by Gasteiger charge is 2.17. The number of halogens is 1. The second-order valence-electron chi connectivity index (χ2n) is 3.18. The standard InChI is InChI=1S/C9H12IN3O/c1-6(12(2)3)8(14)7-5-13(4)11-9(7)10/h5H,1H2,2-4H3. The van der Waals surface area contributed by atoms with Crippen molar-refractivity contribution in [3.8, 4) is 0 Å². The van der Waals surface area contributed by atoms with Crippen molar-refractivity contribution in [3.05, 3.63) is 27.7 Å². The summed E-state index contributed by atoms with van der Waals surface area (Å²) in [6, 6.07) is 0. The van der Waals surface area contributed by atoms with Crippen LogP contribution in [0.15, 0.2) is 18.5 Å². The van der Waals surface area contributed by atoms with E-state index in [1.807, 2.05) is 22.6 Å². The minimum Gasteiger partial charge on any atom is -0.375 e. The lowest BCUT2D eigenvalue weighted by atomic mass is 10.2. The van der Waals surface area contributed by atoms with Gasteiger partial charge in [-0.05, 0) is 22.6 Å². The molecule has 0 aliphatic heterocycles. The maximum absolute atomic E-state index is 11.8. The molecule has 0 saturated carbocycles. The van der Waals surface area contributed by atoms with Crippen LogP contribution in [0.2, 0.25) is 0 Å². The summed E-state index contributed by atoms with van der Waals surface area (Å²) in [5, 5.41) is 4.10. The van der Waals surface area contributed by atoms with Crippen LogP contribution in [0.5, 0.6) is 0 Å². The van der Waals surface area contributed by atoms with Gasteiger partial charge in [0.15, 0.2) is 0 Å². The van der Waals surface area contributed by atoms with Crippen molar-refractivity contribution in [1.82, 2.24) is 14.7 Å². The molecule has 0 bridgehead atoms. The summed E-state index contributed by atoms with van der Waals surface area (Å²) in [6.07, 6.45) is 1.71. The van der Waals surface area contributed by atoms with Crippen LogP contribution in [0.3, 0.4) is 0 Å². The number of aromatic nitrogens is 2. The van der Waals surface area contributed by atoms with Gasteiger partial charge in [-0.2, -0.15) is 5.10 Å². The Morgan fingerprint density at radius 1 is 1.64 bits per heavy atom. The molecule has 0 saturated heterocycles. The fraction of sp³-hybridized carbons (Fsp3) is 0.333. The van der Waals surface area contributed by atoms with Gasteiger partial charge in [0.05, 0.1) is 11.3 Å². The van der Waals surface area contributed by atoms with E-state index in [2.05, 4.69) is 11.7 Å². The van der Waals surface area contributed by atoms with E-state index in [0.717, 1.165) is 0 Å². The molecular formula is C9H12IN3O. The van der Waals surface area contributed by atoms with Crippen molar-refractivity contribution >= 4 is 28.4 Å². The van der Waals surface area contributed by atoms with Crippen LogP contribution in [-0.2, 0) is 7.05 Å². The Morgan fingerprint density at radius 3 is 2.57 bits per heavy atom. The van der Waals surface area contributed by atoms with Gasteiger partial charge >= 0.3 is 0 Å². The lowest BCUT2D eigenvalue weighted by Gasteiger charge is -2.13. The van der Waals surface area contributed by atoms with Crippen LogP contribution in [0.4, 0.5) is 0 Å². The van der Waals surface area contributed by atoms with Crippen molar-refractivity contribution < 1.29 is 4.79 Å². The third kappa shape index (κ3) is 2.14. The zero-order valence-corrected chi connectivity index (χ0v) is 10.6. The van der Waals surface area contributed by atoms with E-state index in [4.69, 9.17) is 0 Å². The van der Waals surface area contributed by atoms with Crippen LogP contribution in [0.25, 0.3) is 0 Å². The maximum Gasteiger partial charge on any atom is 0.212 e. The molecule has 0 aliphatic rings. The SMILES string of the molecule is C=C(C(=O)c1cn(C)nc1I)N(C)C. The summed E-state index contributed by atoms with van der Waals surface area (Å²) >= 11 is 2.04. The molecule has 14 heavy (non-hydrogen) atoms. The smallest absolute Gasteiger partial charge is 0.212 e. The average molecular weight is 305 g/mol. The molecule has 1 aromatic heterocycles. The Labute approximate surface area is 96.7 Å². The first kappa shape index (κ1) is 11.2. The third-order valence-electron chi connectivity index (χ3n) is 1.83. The Morgan fingerprint density at radius 2 is 2.21 bits per heavy atom. The van der Waals surface area contributed by atoms with Crippen molar-refractivity contribution in [1.29, 1.82) is 0 Å². The Hall–Kier alpha value is -0.850. The average Bonchev–Trinajstić information content (AvgIpc) is 2.42. The number of aryl methyl sites for hydroxylation is 1. The van der Waals surface area contributed by atoms with E-state index in [9.17, 15) is 4.79 Å². The van der Waals surface area contributed by atoms with Crippen molar-refractivity contribution in [3.63, 3.8) is 0 Å². The number of Topliss-reactive ketones (excluding diaryl/α,β-unsaturated/α-hetero) is 1. The van der Waals surface area contributed by atoms with E-state index in [-0.39, 0.29) is 5.78 Å². The third-order valence-corrected chi connectivity index (χ3v) is 2.63. The van der Waals surface area contributed by atoms with E-state index in [0.29, 0.717) is 15.0 Å². The zero-order valence-electron chi connectivity index (χ0n) is 8.41. The van der Waals surface area contributed by atoms with Crippen LogP contribution < -0.4 is 0 Å². The number of allylic oxidation sites excluding steroid dienone is 1. The predicted octanol–water partition coefficient (Wildman–Crippen LogP) is 1.28. The van der Waals surface area contributed by atoms with Gasteiger partial charge in [-0.3, -0.25) is 9.48 Å². The second-order valence-corrected chi connectivity index (χ2v) is 4.20. The van der Waals surface area contributed by atoms with Gasteiger partial charge in [0, 0.05) is 27.3 Å². The lowest BCUT2D eigenvalue weighted by molar-refractivity contribution is 0.100. The highest BCUT2D eigenvalue weighted by Crippen LogP contribution is 2.14. The van der Waals surface area contributed by atoms with E-state index in [1.54, 1.807) is 36.9 Å². The minimum absolute atomic E-state index is 0.0764. The molecule has 0 fully saturated rings. The molecule has 0 amide bonds. The molecule has 0 radical (unpaired) electrons. The van der Waals surface area contributed by atoms with Crippen LogP contribution in [0.1, 0.15) is 10.4 Å². The highest BCUT2D eigenvalue weighted by atomic mass is 127. The fourth-order valence-electron chi connectivity index (χ4n) is 0.972. The van der Waals surface area contributed by atoms with Gasteiger partial charge in [-0.15, -0.1) is 0 Å². The molecule has 1 aromatic rings. The summed E-state index contributed by atoms with van der Waals surface area (Å²) in [5.74, 6) is -0.0764. The van der Waals surface area contributed by atoms with E-state index in [1.165, 1.54) is 0 Å². The number of rotatable bonds is 3. The van der Waals surface area contributed by atoms with Gasteiger partial charge in [0.25, 0.3) is 0 Å². The van der Waals surface area contributed by atoms with Gasteiger partial charge in [0.2, 0.25) is 5.78 Å². The van der Waals surface area contributed by atoms with Gasteiger partial charge < -0.3 is 4.90 Å².